The van der Waals surface area contributed by atoms with E-state index in [0.717, 1.165) is 44.0 Å². The number of likely N-dealkylation sites (tertiary alicyclic amines) is 1. The molecule has 1 aliphatic rings. The van der Waals surface area contributed by atoms with Crippen LogP contribution in [0.15, 0.2) is 40.5 Å². The van der Waals surface area contributed by atoms with Crippen molar-refractivity contribution >= 4 is 11.9 Å². The van der Waals surface area contributed by atoms with Gasteiger partial charge >= 0.3 is 0 Å². The van der Waals surface area contributed by atoms with E-state index in [1.54, 1.807) is 6.07 Å². The fourth-order valence-electron chi connectivity index (χ4n) is 3.60. The SMILES string of the molecule is CN=C(NCCCNC(=O)c1occc1C)N1CCC(C)C(n2ccnc2)C1. The molecule has 0 saturated carbocycles. The van der Waals surface area contributed by atoms with Crippen LogP contribution in [0.2, 0.25) is 0 Å². The lowest BCUT2D eigenvalue weighted by Gasteiger charge is -2.39. The monoisotopic (exact) mass is 386 g/mol. The highest BCUT2D eigenvalue weighted by atomic mass is 16.3. The molecular formula is C20H30N6O2. The second-order valence-electron chi connectivity index (χ2n) is 7.31. The number of nitrogens with one attached hydrogen (secondary N) is 2. The van der Waals surface area contributed by atoms with E-state index in [4.69, 9.17) is 4.42 Å². The number of aryl methyl sites for hydroxylation is 1. The number of amides is 1. The first kappa shape index (κ1) is 20.0. The van der Waals surface area contributed by atoms with E-state index < -0.39 is 0 Å². The van der Waals surface area contributed by atoms with Crippen LogP contribution in [0.5, 0.6) is 0 Å². The van der Waals surface area contributed by atoms with Crippen molar-refractivity contribution in [1.29, 1.82) is 0 Å². The lowest BCUT2D eigenvalue weighted by atomic mass is 9.93. The van der Waals surface area contributed by atoms with Crippen LogP contribution in [0.25, 0.3) is 0 Å². The van der Waals surface area contributed by atoms with E-state index in [2.05, 4.69) is 37.0 Å². The third-order valence-corrected chi connectivity index (χ3v) is 5.33. The summed E-state index contributed by atoms with van der Waals surface area (Å²) in [5.41, 5.74) is 0.850. The second-order valence-corrected chi connectivity index (χ2v) is 7.31. The van der Waals surface area contributed by atoms with Gasteiger partial charge in [0.1, 0.15) is 0 Å². The summed E-state index contributed by atoms with van der Waals surface area (Å²) in [6.45, 7) is 7.37. The highest BCUT2D eigenvalue weighted by Gasteiger charge is 2.28. The van der Waals surface area contributed by atoms with Gasteiger partial charge in [0, 0.05) is 51.2 Å². The van der Waals surface area contributed by atoms with E-state index in [-0.39, 0.29) is 5.91 Å². The zero-order valence-corrected chi connectivity index (χ0v) is 16.9. The Labute approximate surface area is 166 Å². The summed E-state index contributed by atoms with van der Waals surface area (Å²) in [5, 5.41) is 6.31. The van der Waals surface area contributed by atoms with Crippen molar-refractivity contribution in [3.8, 4) is 0 Å². The van der Waals surface area contributed by atoms with Crippen molar-refractivity contribution < 1.29 is 9.21 Å². The second kappa shape index (κ2) is 9.43. The average Bonchev–Trinajstić information content (AvgIpc) is 3.37. The van der Waals surface area contributed by atoms with E-state index in [1.165, 1.54) is 6.26 Å². The molecule has 8 nitrogen and oxygen atoms in total. The summed E-state index contributed by atoms with van der Waals surface area (Å²) >= 11 is 0. The number of hydrogen-bond donors (Lipinski definition) is 2. The van der Waals surface area contributed by atoms with E-state index in [9.17, 15) is 4.79 Å². The van der Waals surface area contributed by atoms with Gasteiger partial charge in [-0.3, -0.25) is 9.79 Å². The minimum Gasteiger partial charge on any atom is -0.459 e. The van der Waals surface area contributed by atoms with Crippen molar-refractivity contribution in [2.24, 2.45) is 10.9 Å². The molecule has 2 N–H and O–H groups in total. The van der Waals surface area contributed by atoms with Crippen LogP contribution in [0, 0.1) is 12.8 Å². The number of carbonyl (C=O) groups is 1. The van der Waals surface area contributed by atoms with Gasteiger partial charge in [-0.25, -0.2) is 4.98 Å². The molecule has 2 aromatic heterocycles. The molecule has 28 heavy (non-hydrogen) atoms. The molecule has 8 heteroatoms. The number of hydrogen-bond acceptors (Lipinski definition) is 4. The van der Waals surface area contributed by atoms with Crippen LogP contribution < -0.4 is 10.6 Å². The zero-order chi connectivity index (χ0) is 19.9. The summed E-state index contributed by atoms with van der Waals surface area (Å²) in [6, 6.07) is 2.18. The van der Waals surface area contributed by atoms with E-state index in [0.29, 0.717) is 24.3 Å². The summed E-state index contributed by atoms with van der Waals surface area (Å²) in [5.74, 6) is 1.73. The number of nitrogens with zero attached hydrogens (tertiary/aromatic N) is 4. The van der Waals surface area contributed by atoms with Gasteiger partial charge in [0.15, 0.2) is 11.7 Å². The Hall–Kier alpha value is -2.77. The molecule has 0 radical (unpaired) electrons. The van der Waals surface area contributed by atoms with Gasteiger partial charge in [0.05, 0.1) is 18.6 Å². The molecule has 1 saturated heterocycles. The van der Waals surface area contributed by atoms with Gasteiger partial charge in [0.25, 0.3) is 5.91 Å². The lowest BCUT2D eigenvalue weighted by Crippen LogP contribution is -2.49. The van der Waals surface area contributed by atoms with Crippen LogP contribution in [-0.2, 0) is 0 Å². The number of aromatic nitrogens is 2. The first-order chi connectivity index (χ1) is 13.6. The summed E-state index contributed by atoms with van der Waals surface area (Å²) < 4.78 is 7.40. The molecular weight excluding hydrogens is 356 g/mol. The molecule has 1 amide bonds. The van der Waals surface area contributed by atoms with E-state index in [1.807, 2.05) is 32.7 Å². The Balaban J connectivity index is 1.43. The predicted octanol–water partition coefficient (Wildman–Crippen LogP) is 2.06. The van der Waals surface area contributed by atoms with Gasteiger partial charge in [-0.2, -0.15) is 0 Å². The average molecular weight is 387 g/mol. The number of guanidine groups is 1. The lowest BCUT2D eigenvalue weighted by molar-refractivity contribution is 0.0925. The van der Waals surface area contributed by atoms with Crippen molar-refractivity contribution in [2.45, 2.75) is 32.7 Å². The third kappa shape index (κ3) is 4.74. The number of carbonyl (C=O) groups excluding carboxylic acids is 1. The van der Waals surface area contributed by atoms with Crippen molar-refractivity contribution in [1.82, 2.24) is 25.1 Å². The normalized spacial score (nSPS) is 20.2. The number of furan rings is 1. The van der Waals surface area contributed by atoms with Crippen LogP contribution in [0.3, 0.4) is 0 Å². The summed E-state index contributed by atoms with van der Waals surface area (Å²) in [7, 11) is 1.81. The standard InChI is InChI=1S/C20H30N6O2/c1-15-5-10-25(13-17(15)26-11-9-22-14-26)20(21-3)24-8-4-7-23-19(27)18-16(2)6-12-28-18/h6,9,11-12,14-15,17H,4-5,7-8,10,13H2,1-3H3,(H,21,24)(H,23,27). The summed E-state index contributed by atoms with van der Waals surface area (Å²) in [4.78, 5) is 23.0. The van der Waals surface area contributed by atoms with Crippen LogP contribution in [-0.4, -0.2) is 59.5 Å². The molecule has 3 heterocycles. The molecule has 3 rings (SSSR count). The maximum atomic E-state index is 12.0. The Morgan fingerprint density at radius 3 is 2.89 bits per heavy atom. The highest BCUT2D eigenvalue weighted by Crippen LogP contribution is 2.27. The third-order valence-electron chi connectivity index (χ3n) is 5.33. The first-order valence-corrected chi connectivity index (χ1v) is 9.85. The summed E-state index contributed by atoms with van der Waals surface area (Å²) in [6.07, 6.45) is 9.21. The molecule has 1 fully saturated rings. The molecule has 1 aliphatic heterocycles. The zero-order valence-electron chi connectivity index (χ0n) is 16.9. The number of imidazole rings is 1. The molecule has 2 unspecified atom stereocenters. The van der Waals surface area contributed by atoms with Gasteiger partial charge in [-0.15, -0.1) is 0 Å². The Bertz CT molecular complexity index is 782. The predicted molar refractivity (Wildman–Crippen MR) is 108 cm³/mol. The molecule has 0 aliphatic carbocycles. The maximum Gasteiger partial charge on any atom is 0.287 e. The van der Waals surface area contributed by atoms with Crippen molar-refractivity contribution in [3.05, 3.63) is 42.4 Å². The minimum atomic E-state index is -0.167. The largest absolute Gasteiger partial charge is 0.459 e. The van der Waals surface area contributed by atoms with Crippen LogP contribution in [0.1, 0.15) is 41.9 Å². The quantitative estimate of drug-likeness (QED) is 0.451. The van der Waals surface area contributed by atoms with Gasteiger partial charge in [-0.1, -0.05) is 6.92 Å². The Kier molecular flexibility index (Phi) is 6.73. The van der Waals surface area contributed by atoms with Crippen molar-refractivity contribution in [3.63, 3.8) is 0 Å². The Morgan fingerprint density at radius 2 is 2.21 bits per heavy atom. The molecule has 0 aromatic carbocycles. The Morgan fingerprint density at radius 1 is 1.39 bits per heavy atom. The molecule has 0 bridgehead atoms. The van der Waals surface area contributed by atoms with Gasteiger partial charge in [-0.05, 0) is 31.7 Å². The van der Waals surface area contributed by atoms with E-state index >= 15 is 0 Å². The fraction of sp³-hybridized carbons (Fsp3) is 0.550. The highest BCUT2D eigenvalue weighted by molar-refractivity contribution is 5.92. The fourth-order valence-corrected chi connectivity index (χ4v) is 3.60. The number of aliphatic imine (C=N–C) groups is 1. The number of piperidine rings is 1. The first-order valence-electron chi connectivity index (χ1n) is 9.85. The van der Waals surface area contributed by atoms with Gasteiger partial charge < -0.3 is 24.5 Å². The number of rotatable bonds is 6. The molecule has 2 atom stereocenters. The van der Waals surface area contributed by atoms with Crippen LogP contribution in [0.4, 0.5) is 0 Å². The smallest absolute Gasteiger partial charge is 0.287 e. The minimum absolute atomic E-state index is 0.167. The molecule has 152 valence electrons. The van der Waals surface area contributed by atoms with Gasteiger partial charge in [0.2, 0.25) is 0 Å². The topological polar surface area (TPSA) is 87.7 Å². The molecule has 2 aromatic rings. The molecule has 0 spiro atoms. The van der Waals surface area contributed by atoms with Crippen LogP contribution >= 0.6 is 0 Å². The maximum absolute atomic E-state index is 12.0. The van der Waals surface area contributed by atoms with Crippen molar-refractivity contribution in [2.75, 3.05) is 33.2 Å².